The van der Waals surface area contributed by atoms with Crippen LogP contribution in [0.5, 0.6) is 5.75 Å². The summed E-state index contributed by atoms with van der Waals surface area (Å²) in [6.07, 6.45) is 5.99. The lowest BCUT2D eigenvalue weighted by Crippen LogP contribution is -2.38. The second-order valence-electron chi connectivity index (χ2n) is 6.43. The van der Waals surface area contributed by atoms with E-state index in [-0.39, 0.29) is 17.9 Å². The Hall–Kier alpha value is -1.51. The third-order valence-corrected chi connectivity index (χ3v) is 4.33. The van der Waals surface area contributed by atoms with Crippen molar-refractivity contribution in [3.63, 3.8) is 0 Å². The van der Waals surface area contributed by atoms with E-state index in [1.807, 2.05) is 0 Å². The molecule has 0 spiro atoms. The zero-order valence-corrected chi connectivity index (χ0v) is 14.2. The van der Waals surface area contributed by atoms with Gasteiger partial charge in [-0.15, -0.1) is 0 Å². The Morgan fingerprint density at radius 3 is 2.68 bits per heavy atom. The molecule has 1 aliphatic heterocycles. The maximum atomic E-state index is 12.4. The van der Waals surface area contributed by atoms with Gasteiger partial charge >= 0.3 is 0 Å². The first-order valence-electron chi connectivity index (χ1n) is 8.69. The number of ether oxygens (including phenoxy) is 1. The molecule has 1 aromatic rings. The Bertz CT molecular complexity index is 492. The molecule has 0 aromatic heterocycles. The van der Waals surface area contributed by atoms with E-state index >= 15 is 0 Å². The van der Waals surface area contributed by atoms with Gasteiger partial charge in [-0.3, -0.25) is 4.79 Å². The molecule has 122 valence electrons. The van der Waals surface area contributed by atoms with Gasteiger partial charge in [0.15, 0.2) is 0 Å². The quantitative estimate of drug-likeness (QED) is 0.791. The van der Waals surface area contributed by atoms with Crippen LogP contribution in [0.15, 0.2) is 18.2 Å². The van der Waals surface area contributed by atoms with Gasteiger partial charge in [0.25, 0.3) is 0 Å². The van der Waals surface area contributed by atoms with Crippen LogP contribution < -0.4 is 10.1 Å². The van der Waals surface area contributed by atoms with E-state index in [0.717, 1.165) is 50.9 Å². The number of carbonyl (C=O) groups is 1. The molecule has 1 aromatic carbocycles. The molecule has 2 rings (SSSR count). The van der Waals surface area contributed by atoms with Crippen LogP contribution in [0.25, 0.3) is 0 Å². The highest BCUT2D eigenvalue weighted by atomic mass is 16.5. The molecule has 1 heterocycles. The SMILES string of the molecule is CCCC(CCC)C(=O)NC(C)Cc1ccc2c(c1)CCO2. The van der Waals surface area contributed by atoms with Gasteiger partial charge in [0.2, 0.25) is 5.91 Å². The zero-order chi connectivity index (χ0) is 15.9. The second kappa shape index (κ2) is 8.21. The van der Waals surface area contributed by atoms with Crippen molar-refractivity contribution in [3.8, 4) is 5.75 Å². The second-order valence-corrected chi connectivity index (χ2v) is 6.43. The Kier molecular flexibility index (Phi) is 6.29. The summed E-state index contributed by atoms with van der Waals surface area (Å²) >= 11 is 0. The fraction of sp³-hybridized carbons (Fsp3) is 0.632. The Morgan fingerprint density at radius 1 is 1.27 bits per heavy atom. The first-order chi connectivity index (χ1) is 10.6. The van der Waals surface area contributed by atoms with Crippen molar-refractivity contribution in [1.29, 1.82) is 0 Å². The van der Waals surface area contributed by atoms with E-state index < -0.39 is 0 Å². The summed E-state index contributed by atoms with van der Waals surface area (Å²) in [5.41, 5.74) is 2.57. The predicted octanol–water partition coefficient (Wildman–Crippen LogP) is 3.89. The van der Waals surface area contributed by atoms with E-state index in [1.165, 1.54) is 11.1 Å². The van der Waals surface area contributed by atoms with Crippen LogP contribution in [-0.4, -0.2) is 18.6 Å². The first kappa shape index (κ1) is 16.9. The first-order valence-corrected chi connectivity index (χ1v) is 8.69. The van der Waals surface area contributed by atoms with Crippen molar-refractivity contribution < 1.29 is 9.53 Å². The number of carbonyl (C=O) groups excluding carboxylic acids is 1. The van der Waals surface area contributed by atoms with Crippen molar-refractivity contribution in [2.24, 2.45) is 5.92 Å². The van der Waals surface area contributed by atoms with Gasteiger partial charge in [0, 0.05) is 18.4 Å². The molecule has 0 bridgehead atoms. The summed E-state index contributed by atoms with van der Waals surface area (Å²) in [4.78, 5) is 12.4. The highest BCUT2D eigenvalue weighted by molar-refractivity contribution is 5.78. The smallest absolute Gasteiger partial charge is 0.223 e. The van der Waals surface area contributed by atoms with Crippen LogP contribution >= 0.6 is 0 Å². The average molecular weight is 303 g/mol. The van der Waals surface area contributed by atoms with Gasteiger partial charge in [0.1, 0.15) is 5.75 Å². The van der Waals surface area contributed by atoms with Crippen LogP contribution in [0.3, 0.4) is 0 Å². The molecule has 0 aliphatic carbocycles. The number of hydrogen-bond donors (Lipinski definition) is 1. The number of hydrogen-bond acceptors (Lipinski definition) is 2. The molecular formula is C19H29NO2. The standard InChI is InChI=1S/C19H29NO2/c1-4-6-16(7-5-2)19(21)20-14(3)12-15-8-9-18-17(13-15)10-11-22-18/h8-9,13-14,16H,4-7,10-12H2,1-3H3,(H,20,21). The lowest BCUT2D eigenvalue weighted by Gasteiger charge is -2.20. The van der Waals surface area contributed by atoms with Gasteiger partial charge in [0.05, 0.1) is 6.61 Å². The molecule has 0 saturated heterocycles. The van der Waals surface area contributed by atoms with Crippen molar-refractivity contribution in [3.05, 3.63) is 29.3 Å². The maximum absolute atomic E-state index is 12.4. The van der Waals surface area contributed by atoms with Crippen molar-refractivity contribution in [2.45, 2.75) is 65.3 Å². The molecule has 3 nitrogen and oxygen atoms in total. The molecule has 0 fully saturated rings. The summed E-state index contributed by atoms with van der Waals surface area (Å²) < 4.78 is 5.54. The van der Waals surface area contributed by atoms with Crippen molar-refractivity contribution in [2.75, 3.05) is 6.61 Å². The normalized spacial score (nSPS) is 14.5. The van der Waals surface area contributed by atoms with Crippen LogP contribution in [0.4, 0.5) is 0 Å². The number of nitrogens with one attached hydrogen (secondary N) is 1. The molecule has 1 aliphatic rings. The summed E-state index contributed by atoms with van der Waals surface area (Å²) in [7, 11) is 0. The van der Waals surface area contributed by atoms with E-state index in [4.69, 9.17) is 4.74 Å². The predicted molar refractivity (Wildman–Crippen MR) is 90.3 cm³/mol. The summed E-state index contributed by atoms with van der Waals surface area (Å²) in [5, 5.41) is 3.20. The number of rotatable bonds is 8. The van der Waals surface area contributed by atoms with Gasteiger partial charge in [-0.25, -0.2) is 0 Å². The van der Waals surface area contributed by atoms with E-state index in [0.29, 0.717) is 0 Å². The fourth-order valence-electron chi connectivity index (χ4n) is 3.24. The fourth-order valence-corrected chi connectivity index (χ4v) is 3.24. The van der Waals surface area contributed by atoms with Crippen LogP contribution in [-0.2, 0) is 17.6 Å². The van der Waals surface area contributed by atoms with E-state index in [1.54, 1.807) is 0 Å². The maximum Gasteiger partial charge on any atom is 0.223 e. The Labute approximate surface area is 134 Å². The number of fused-ring (bicyclic) bond motifs is 1. The highest BCUT2D eigenvalue weighted by Gasteiger charge is 2.19. The van der Waals surface area contributed by atoms with E-state index in [9.17, 15) is 4.79 Å². The van der Waals surface area contributed by atoms with Gasteiger partial charge in [-0.1, -0.05) is 38.8 Å². The minimum Gasteiger partial charge on any atom is -0.493 e. The number of amides is 1. The number of benzene rings is 1. The third kappa shape index (κ3) is 4.49. The summed E-state index contributed by atoms with van der Waals surface area (Å²) in [5.74, 6) is 1.41. The summed E-state index contributed by atoms with van der Waals surface area (Å²) in [6.45, 7) is 7.18. The van der Waals surface area contributed by atoms with Crippen LogP contribution in [0, 0.1) is 5.92 Å². The molecular weight excluding hydrogens is 274 g/mol. The van der Waals surface area contributed by atoms with Gasteiger partial charge < -0.3 is 10.1 Å². The lowest BCUT2D eigenvalue weighted by atomic mass is 9.96. The summed E-state index contributed by atoms with van der Waals surface area (Å²) in [6, 6.07) is 6.57. The molecule has 1 atom stereocenters. The molecule has 1 unspecified atom stereocenters. The zero-order valence-electron chi connectivity index (χ0n) is 14.2. The lowest BCUT2D eigenvalue weighted by molar-refractivity contribution is -0.126. The minimum absolute atomic E-state index is 0.170. The molecule has 22 heavy (non-hydrogen) atoms. The van der Waals surface area contributed by atoms with E-state index in [2.05, 4.69) is 44.3 Å². The molecule has 1 amide bonds. The molecule has 0 radical (unpaired) electrons. The van der Waals surface area contributed by atoms with Gasteiger partial charge in [-0.05, 0) is 43.4 Å². The largest absolute Gasteiger partial charge is 0.493 e. The Balaban J connectivity index is 1.88. The highest BCUT2D eigenvalue weighted by Crippen LogP contribution is 2.26. The topological polar surface area (TPSA) is 38.3 Å². The average Bonchev–Trinajstić information content (AvgIpc) is 2.94. The van der Waals surface area contributed by atoms with Gasteiger partial charge in [-0.2, -0.15) is 0 Å². The third-order valence-electron chi connectivity index (χ3n) is 4.33. The molecule has 3 heteroatoms. The Morgan fingerprint density at radius 2 is 2.00 bits per heavy atom. The molecule has 1 N–H and O–H groups in total. The minimum atomic E-state index is 0.170. The monoisotopic (exact) mass is 303 g/mol. The van der Waals surface area contributed by atoms with Crippen LogP contribution in [0.2, 0.25) is 0 Å². The van der Waals surface area contributed by atoms with Crippen molar-refractivity contribution >= 4 is 5.91 Å². The van der Waals surface area contributed by atoms with Crippen molar-refractivity contribution in [1.82, 2.24) is 5.32 Å². The molecule has 0 saturated carbocycles. The van der Waals surface area contributed by atoms with Crippen LogP contribution in [0.1, 0.15) is 57.6 Å².